The molecule has 1 aliphatic heterocycles. The van der Waals surface area contributed by atoms with E-state index < -0.39 is 20.2 Å². The average molecular weight is 361 g/mol. The zero-order chi connectivity index (χ0) is 17.1. The fourth-order valence-electron chi connectivity index (χ4n) is 2.60. The lowest BCUT2D eigenvalue weighted by Gasteiger charge is -2.35. The van der Waals surface area contributed by atoms with Gasteiger partial charge in [-0.25, -0.2) is 8.42 Å². The van der Waals surface area contributed by atoms with Crippen molar-refractivity contribution in [2.45, 2.75) is 18.7 Å². The van der Waals surface area contributed by atoms with Gasteiger partial charge in [0.1, 0.15) is 0 Å². The minimum Gasteiger partial charge on any atom is -0.207 e. The van der Waals surface area contributed by atoms with Gasteiger partial charge >= 0.3 is 0 Å². The van der Waals surface area contributed by atoms with E-state index in [-0.39, 0.29) is 31.1 Å². The maximum absolute atomic E-state index is 12.5. The summed E-state index contributed by atoms with van der Waals surface area (Å²) in [5.74, 6) is 0. The third kappa shape index (κ3) is 3.74. The summed E-state index contributed by atoms with van der Waals surface area (Å²) in [6.45, 7) is 5.06. The van der Waals surface area contributed by atoms with E-state index >= 15 is 0 Å². The monoisotopic (exact) mass is 361 g/mol. The molecule has 1 aliphatic rings. The van der Waals surface area contributed by atoms with Crippen molar-refractivity contribution in [1.29, 1.82) is 0 Å². The van der Waals surface area contributed by atoms with Crippen LogP contribution < -0.4 is 0 Å². The third-order valence-corrected chi connectivity index (χ3v) is 8.04. The van der Waals surface area contributed by atoms with Gasteiger partial charge in [0.2, 0.25) is 10.0 Å². The smallest absolute Gasteiger partial charge is 0.207 e. The molecule has 1 aromatic rings. The normalized spacial score (nSPS) is 18.4. The minimum absolute atomic E-state index is 0.164. The van der Waals surface area contributed by atoms with Crippen LogP contribution in [-0.4, -0.2) is 69.0 Å². The van der Waals surface area contributed by atoms with Crippen LogP contribution in [0.4, 0.5) is 0 Å². The van der Waals surface area contributed by atoms with Crippen LogP contribution in [0.2, 0.25) is 0 Å². The second-order valence-corrected chi connectivity index (χ2v) is 9.07. The number of piperazine rings is 1. The molecule has 1 saturated heterocycles. The molecule has 0 spiro atoms. The standard InChI is InChI=1S/C14H23N3O4S2/c1-3-15(4-2)23(20,21)17-12-10-16(11-13-17)22(18,19)14-8-6-5-7-9-14/h5-9H,3-4,10-13H2,1-2H3. The summed E-state index contributed by atoms with van der Waals surface area (Å²) >= 11 is 0. The Bertz CT molecular complexity index is 708. The van der Waals surface area contributed by atoms with Gasteiger partial charge in [-0.15, -0.1) is 0 Å². The molecule has 0 N–H and O–H groups in total. The number of benzene rings is 1. The van der Waals surface area contributed by atoms with E-state index in [4.69, 9.17) is 0 Å². The highest BCUT2D eigenvalue weighted by molar-refractivity contribution is 7.89. The number of sulfonamides is 1. The second-order valence-electron chi connectivity index (χ2n) is 5.21. The summed E-state index contributed by atoms with van der Waals surface area (Å²) in [5.41, 5.74) is 0. The molecular formula is C14H23N3O4S2. The second kappa shape index (κ2) is 7.27. The highest BCUT2D eigenvalue weighted by atomic mass is 32.2. The molecule has 0 saturated carbocycles. The molecule has 1 fully saturated rings. The van der Waals surface area contributed by atoms with Crippen LogP contribution in [0, 0.1) is 0 Å². The first-order valence-corrected chi connectivity index (χ1v) is 10.5. The molecule has 0 radical (unpaired) electrons. The first kappa shape index (κ1) is 18.3. The summed E-state index contributed by atoms with van der Waals surface area (Å²) in [4.78, 5) is 0.236. The molecule has 0 amide bonds. The van der Waals surface area contributed by atoms with Crippen LogP contribution >= 0.6 is 0 Å². The van der Waals surface area contributed by atoms with Gasteiger partial charge in [0.15, 0.2) is 0 Å². The van der Waals surface area contributed by atoms with Crippen LogP contribution in [-0.2, 0) is 20.2 Å². The van der Waals surface area contributed by atoms with Gasteiger partial charge in [-0.05, 0) is 12.1 Å². The fourth-order valence-corrected chi connectivity index (χ4v) is 5.64. The van der Waals surface area contributed by atoms with Crippen LogP contribution in [0.1, 0.15) is 13.8 Å². The van der Waals surface area contributed by atoms with Gasteiger partial charge in [0, 0.05) is 39.3 Å². The molecular weight excluding hydrogens is 338 g/mol. The lowest BCUT2D eigenvalue weighted by molar-refractivity contribution is 0.256. The van der Waals surface area contributed by atoms with E-state index in [1.54, 1.807) is 44.2 Å². The van der Waals surface area contributed by atoms with Crippen molar-refractivity contribution in [3.05, 3.63) is 30.3 Å². The maximum Gasteiger partial charge on any atom is 0.282 e. The highest BCUT2D eigenvalue weighted by Crippen LogP contribution is 2.19. The van der Waals surface area contributed by atoms with Crippen LogP contribution in [0.25, 0.3) is 0 Å². The number of hydrogen-bond acceptors (Lipinski definition) is 4. The van der Waals surface area contributed by atoms with Gasteiger partial charge < -0.3 is 0 Å². The first-order chi connectivity index (χ1) is 10.8. The zero-order valence-corrected chi connectivity index (χ0v) is 15.1. The van der Waals surface area contributed by atoms with Crippen molar-refractivity contribution in [2.24, 2.45) is 0 Å². The Morgan fingerprint density at radius 2 is 1.35 bits per heavy atom. The molecule has 1 heterocycles. The number of rotatable bonds is 6. The highest BCUT2D eigenvalue weighted by Gasteiger charge is 2.34. The zero-order valence-electron chi connectivity index (χ0n) is 13.4. The van der Waals surface area contributed by atoms with E-state index in [1.165, 1.54) is 12.9 Å². The lowest BCUT2D eigenvalue weighted by atomic mass is 10.4. The molecule has 0 aromatic heterocycles. The van der Waals surface area contributed by atoms with Gasteiger partial charge in [-0.1, -0.05) is 32.0 Å². The van der Waals surface area contributed by atoms with Crippen LogP contribution in [0.3, 0.4) is 0 Å². The Morgan fingerprint density at radius 3 is 1.83 bits per heavy atom. The van der Waals surface area contributed by atoms with E-state index in [2.05, 4.69) is 0 Å². The van der Waals surface area contributed by atoms with Crippen molar-refractivity contribution >= 4 is 20.2 Å². The van der Waals surface area contributed by atoms with E-state index in [0.717, 1.165) is 0 Å². The molecule has 23 heavy (non-hydrogen) atoms. The Morgan fingerprint density at radius 1 is 0.870 bits per heavy atom. The molecule has 7 nitrogen and oxygen atoms in total. The molecule has 0 unspecified atom stereocenters. The summed E-state index contributed by atoms with van der Waals surface area (Å²) in [6, 6.07) is 8.21. The summed E-state index contributed by atoms with van der Waals surface area (Å²) < 4.78 is 54.1. The molecule has 0 bridgehead atoms. The third-order valence-electron chi connectivity index (χ3n) is 3.94. The van der Waals surface area contributed by atoms with Crippen LogP contribution in [0.5, 0.6) is 0 Å². The minimum atomic E-state index is -3.56. The first-order valence-electron chi connectivity index (χ1n) is 7.64. The van der Waals surface area contributed by atoms with E-state index in [0.29, 0.717) is 13.1 Å². The number of hydrogen-bond donors (Lipinski definition) is 0. The van der Waals surface area contributed by atoms with Crippen molar-refractivity contribution in [1.82, 2.24) is 12.9 Å². The van der Waals surface area contributed by atoms with Gasteiger partial charge in [0.05, 0.1) is 4.90 Å². The molecule has 2 rings (SSSR count). The van der Waals surface area contributed by atoms with E-state index in [9.17, 15) is 16.8 Å². The fraction of sp³-hybridized carbons (Fsp3) is 0.571. The summed E-state index contributed by atoms with van der Waals surface area (Å²) in [7, 11) is -7.08. The Hall–Kier alpha value is -1.00. The quantitative estimate of drug-likeness (QED) is 0.742. The largest absolute Gasteiger partial charge is 0.282 e. The number of nitrogens with zero attached hydrogens (tertiary/aromatic N) is 3. The Kier molecular flexibility index (Phi) is 5.79. The maximum atomic E-state index is 12.5. The summed E-state index contributed by atoms with van der Waals surface area (Å²) in [6.07, 6.45) is 0. The average Bonchev–Trinajstić information content (AvgIpc) is 2.56. The molecule has 0 atom stereocenters. The molecule has 1 aromatic carbocycles. The van der Waals surface area contributed by atoms with Crippen molar-refractivity contribution in [2.75, 3.05) is 39.3 Å². The van der Waals surface area contributed by atoms with Crippen molar-refractivity contribution < 1.29 is 16.8 Å². The predicted octanol–water partition coefficient (Wildman–Crippen LogP) is 0.580. The SMILES string of the molecule is CCN(CC)S(=O)(=O)N1CCN(S(=O)(=O)c2ccccc2)CC1. The van der Waals surface area contributed by atoms with E-state index in [1.807, 2.05) is 0 Å². The van der Waals surface area contributed by atoms with Crippen molar-refractivity contribution in [3.63, 3.8) is 0 Å². The topological polar surface area (TPSA) is 78.0 Å². The Balaban J connectivity index is 2.10. The molecule has 0 aliphatic carbocycles. The lowest BCUT2D eigenvalue weighted by Crippen LogP contribution is -2.54. The molecule has 130 valence electrons. The Labute approximate surface area is 138 Å². The summed E-state index contributed by atoms with van der Waals surface area (Å²) in [5, 5.41) is 0. The predicted molar refractivity (Wildman–Crippen MR) is 88.6 cm³/mol. The van der Waals surface area contributed by atoms with Crippen LogP contribution in [0.15, 0.2) is 35.2 Å². The van der Waals surface area contributed by atoms with Gasteiger partial charge in [0.25, 0.3) is 10.2 Å². The van der Waals surface area contributed by atoms with Gasteiger partial charge in [-0.3, -0.25) is 0 Å². The molecule has 9 heteroatoms. The van der Waals surface area contributed by atoms with Crippen molar-refractivity contribution in [3.8, 4) is 0 Å². The van der Waals surface area contributed by atoms with Gasteiger partial charge in [-0.2, -0.15) is 21.3 Å².